The molecular weight excluding hydrogens is 322 g/mol. The van der Waals surface area contributed by atoms with Crippen molar-refractivity contribution in [3.8, 4) is 5.82 Å². The highest BCUT2D eigenvalue weighted by atomic mass is 16.5. The van der Waals surface area contributed by atoms with Crippen molar-refractivity contribution in [1.82, 2.24) is 34.1 Å². The molecule has 1 saturated heterocycles. The van der Waals surface area contributed by atoms with Crippen LogP contribution >= 0.6 is 0 Å². The van der Waals surface area contributed by atoms with Gasteiger partial charge in [-0.05, 0) is 12.5 Å². The summed E-state index contributed by atoms with van der Waals surface area (Å²) in [4.78, 5) is 21.4. The summed E-state index contributed by atoms with van der Waals surface area (Å²) in [6.45, 7) is 1.25. The van der Waals surface area contributed by atoms with Gasteiger partial charge in [0.1, 0.15) is 6.33 Å². The second-order valence-corrected chi connectivity index (χ2v) is 6.13. The number of fused-ring (bicyclic) bond motifs is 2. The Labute approximate surface area is 141 Å². The van der Waals surface area contributed by atoms with Crippen LogP contribution in [0.2, 0.25) is 0 Å². The highest BCUT2D eigenvalue weighted by Crippen LogP contribution is 2.21. The zero-order valence-corrected chi connectivity index (χ0v) is 13.5. The van der Waals surface area contributed by atoms with Crippen molar-refractivity contribution in [2.24, 2.45) is 7.05 Å². The third-order valence-electron chi connectivity index (χ3n) is 4.62. The summed E-state index contributed by atoms with van der Waals surface area (Å²) in [5, 5.41) is 10.3. The molecule has 1 unspecified atom stereocenters. The molecule has 1 aliphatic rings. The van der Waals surface area contributed by atoms with Crippen LogP contribution in [0, 0.1) is 0 Å². The van der Waals surface area contributed by atoms with Crippen molar-refractivity contribution in [1.29, 1.82) is 0 Å². The molecule has 5 rings (SSSR count). The Morgan fingerprint density at radius 2 is 2.24 bits per heavy atom. The predicted octanol–water partition coefficient (Wildman–Crippen LogP) is 0.825. The van der Waals surface area contributed by atoms with Gasteiger partial charge in [0.2, 0.25) is 0 Å². The van der Waals surface area contributed by atoms with Gasteiger partial charge in [-0.25, -0.2) is 14.6 Å². The minimum absolute atomic E-state index is 0.0751. The van der Waals surface area contributed by atoms with Gasteiger partial charge in [0.25, 0.3) is 5.56 Å². The van der Waals surface area contributed by atoms with Crippen LogP contribution in [-0.2, 0) is 11.8 Å². The average molecular weight is 337 g/mol. The van der Waals surface area contributed by atoms with E-state index >= 15 is 0 Å². The van der Waals surface area contributed by atoms with Gasteiger partial charge in [-0.3, -0.25) is 9.48 Å². The van der Waals surface area contributed by atoms with Crippen molar-refractivity contribution in [3.63, 3.8) is 0 Å². The minimum atomic E-state index is -0.108. The number of hydrogen-bond acceptors (Lipinski definition) is 6. The molecule has 1 aliphatic heterocycles. The Morgan fingerprint density at radius 3 is 3.08 bits per heavy atom. The van der Waals surface area contributed by atoms with Gasteiger partial charge in [-0.2, -0.15) is 10.2 Å². The third-order valence-corrected chi connectivity index (χ3v) is 4.62. The van der Waals surface area contributed by atoms with E-state index in [2.05, 4.69) is 20.2 Å². The fourth-order valence-corrected chi connectivity index (χ4v) is 3.30. The molecule has 0 saturated carbocycles. The minimum Gasteiger partial charge on any atom is -0.379 e. The van der Waals surface area contributed by atoms with Crippen LogP contribution in [-0.4, -0.2) is 47.3 Å². The molecule has 0 amide bonds. The largest absolute Gasteiger partial charge is 0.379 e. The molecule has 5 heterocycles. The first-order chi connectivity index (χ1) is 12.2. The first kappa shape index (κ1) is 14.3. The maximum atomic E-state index is 12.8. The van der Waals surface area contributed by atoms with E-state index in [1.807, 2.05) is 19.3 Å². The van der Waals surface area contributed by atoms with Crippen LogP contribution in [0.4, 0.5) is 0 Å². The molecule has 0 aromatic carbocycles. The molecule has 126 valence electrons. The molecule has 0 radical (unpaired) electrons. The number of ether oxygens (including phenoxy) is 1. The van der Waals surface area contributed by atoms with Gasteiger partial charge >= 0.3 is 0 Å². The van der Waals surface area contributed by atoms with E-state index < -0.39 is 0 Å². The van der Waals surface area contributed by atoms with Crippen molar-refractivity contribution >= 4 is 21.9 Å². The molecular formula is C16H15N7O2. The quantitative estimate of drug-likeness (QED) is 0.538. The van der Waals surface area contributed by atoms with Gasteiger partial charge in [-0.15, -0.1) is 0 Å². The lowest BCUT2D eigenvalue weighted by atomic mass is 10.2. The van der Waals surface area contributed by atoms with E-state index in [0.29, 0.717) is 30.2 Å². The van der Waals surface area contributed by atoms with Gasteiger partial charge in [0.05, 0.1) is 24.2 Å². The molecule has 4 aromatic heterocycles. The van der Waals surface area contributed by atoms with Crippen molar-refractivity contribution in [3.05, 3.63) is 41.3 Å². The zero-order chi connectivity index (χ0) is 17.0. The fourth-order valence-electron chi connectivity index (χ4n) is 3.30. The summed E-state index contributed by atoms with van der Waals surface area (Å²) in [5.74, 6) is 0.601. The Morgan fingerprint density at radius 1 is 1.32 bits per heavy atom. The van der Waals surface area contributed by atoms with Crippen molar-refractivity contribution in [2.45, 2.75) is 12.5 Å². The first-order valence-electron chi connectivity index (χ1n) is 8.04. The Balaban J connectivity index is 1.70. The maximum absolute atomic E-state index is 12.8. The molecule has 1 fully saturated rings. The van der Waals surface area contributed by atoms with E-state index in [1.165, 1.54) is 6.33 Å². The lowest BCUT2D eigenvalue weighted by Gasteiger charge is -2.10. The Kier molecular flexibility index (Phi) is 2.98. The van der Waals surface area contributed by atoms with Crippen LogP contribution in [0.15, 0.2) is 35.8 Å². The second kappa shape index (κ2) is 5.21. The maximum Gasteiger partial charge on any atom is 0.279 e. The summed E-state index contributed by atoms with van der Waals surface area (Å²) >= 11 is 0. The molecule has 0 N–H and O–H groups in total. The zero-order valence-electron chi connectivity index (χ0n) is 13.5. The highest BCUT2D eigenvalue weighted by molar-refractivity contribution is 5.83. The van der Waals surface area contributed by atoms with Gasteiger partial charge < -0.3 is 9.30 Å². The average Bonchev–Trinajstić information content (AvgIpc) is 3.35. The molecule has 25 heavy (non-hydrogen) atoms. The topological polar surface area (TPSA) is 92.7 Å². The molecule has 0 aliphatic carbocycles. The van der Waals surface area contributed by atoms with Gasteiger partial charge in [0.15, 0.2) is 17.0 Å². The number of aromatic nitrogens is 7. The number of aryl methyl sites for hydroxylation is 1. The number of nitrogens with zero attached hydrogens (tertiary/aromatic N) is 7. The molecule has 1 atom stereocenters. The van der Waals surface area contributed by atoms with Gasteiger partial charge in [0, 0.05) is 31.4 Å². The molecule has 0 spiro atoms. The molecule has 9 heteroatoms. The normalized spacial score (nSPS) is 17.7. The SMILES string of the molecule is Cn1ncc2c(-n3cc4ccn(C5CCOC5)c(=O)c4n3)ncnc21. The monoisotopic (exact) mass is 337 g/mol. The standard InChI is InChI=1S/C16H15N7O2/c1-21-14-12(6-19-21)15(18-9-17-14)23-7-10-2-4-22(11-3-5-25-8-11)16(24)13(10)20-23/h2,4,6-7,9,11H,3,5,8H2,1H3. The number of pyridine rings is 1. The first-order valence-corrected chi connectivity index (χ1v) is 8.04. The van der Waals surface area contributed by atoms with Crippen LogP contribution in [0.1, 0.15) is 12.5 Å². The summed E-state index contributed by atoms with van der Waals surface area (Å²) in [6.07, 6.45) is 7.63. The summed E-state index contributed by atoms with van der Waals surface area (Å²) in [6, 6.07) is 1.98. The second-order valence-electron chi connectivity index (χ2n) is 6.13. The van der Waals surface area contributed by atoms with Crippen LogP contribution in [0.3, 0.4) is 0 Å². The number of hydrogen-bond donors (Lipinski definition) is 0. The van der Waals surface area contributed by atoms with Crippen LogP contribution in [0.25, 0.3) is 27.8 Å². The lowest BCUT2D eigenvalue weighted by Crippen LogP contribution is -2.24. The van der Waals surface area contributed by atoms with E-state index in [9.17, 15) is 4.79 Å². The van der Waals surface area contributed by atoms with E-state index in [1.54, 1.807) is 26.3 Å². The van der Waals surface area contributed by atoms with Crippen molar-refractivity contribution < 1.29 is 4.74 Å². The Bertz CT molecular complexity index is 1150. The van der Waals surface area contributed by atoms with E-state index in [0.717, 1.165) is 17.2 Å². The van der Waals surface area contributed by atoms with Gasteiger partial charge in [-0.1, -0.05) is 0 Å². The molecule has 4 aromatic rings. The third kappa shape index (κ3) is 2.09. The molecule has 9 nitrogen and oxygen atoms in total. The van der Waals surface area contributed by atoms with E-state index in [-0.39, 0.29) is 11.6 Å². The number of rotatable bonds is 2. The van der Waals surface area contributed by atoms with Crippen molar-refractivity contribution in [2.75, 3.05) is 13.2 Å². The van der Waals surface area contributed by atoms with E-state index in [4.69, 9.17) is 4.74 Å². The summed E-state index contributed by atoms with van der Waals surface area (Å²) < 4.78 is 10.4. The highest BCUT2D eigenvalue weighted by Gasteiger charge is 2.20. The van der Waals surface area contributed by atoms with Crippen LogP contribution < -0.4 is 5.56 Å². The summed E-state index contributed by atoms with van der Waals surface area (Å²) in [5.41, 5.74) is 1.03. The predicted molar refractivity (Wildman–Crippen MR) is 89.7 cm³/mol. The summed E-state index contributed by atoms with van der Waals surface area (Å²) in [7, 11) is 1.82. The fraction of sp³-hybridized carbons (Fsp3) is 0.312. The lowest BCUT2D eigenvalue weighted by molar-refractivity contribution is 0.186. The smallest absolute Gasteiger partial charge is 0.279 e. The van der Waals surface area contributed by atoms with Crippen LogP contribution in [0.5, 0.6) is 0 Å². The Hall–Kier alpha value is -3.07. The molecule has 0 bridgehead atoms.